The molecule has 0 saturated heterocycles. The second-order valence-corrected chi connectivity index (χ2v) is 4.58. The Morgan fingerprint density at radius 3 is 2.75 bits per heavy atom. The third-order valence-corrected chi connectivity index (χ3v) is 3.42. The van der Waals surface area contributed by atoms with Gasteiger partial charge in [-0.2, -0.15) is 0 Å². The van der Waals surface area contributed by atoms with E-state index in [1.807, 2.05) is 18.2 Å². The molecule has 0 spiro atoms. The number of hydrogen-bond donors (Lipinski definition) is 1. The molecule has 0 aliphatic heterocycles. The van der Waals surface area contributed by atoms with Crippen molar-refractivity contribution in [3.8, 4) is 0 Å². The van der Waals surface area contributed by atoms with Gasteiger partial charge < -0.3 is 10.2 Å². The van der Waals surface area contributed by atoms with Gasteiger partial charge in [0.2, 0.25) is 0 Å². The van der Waals surface area contributed by atoms with Crippen molar-refractivity contribution in [2.75, 3.05) is 5.73 Å². The molecule has 0 unspecified atom stereocenters. The summed E-state index contributed by atoms with van der Waals surface area (Å²) < 4.78 is 5.80. The van der Waals surface area contributed by atoms with Crippen molar-refractivity contribution in [1.82, 2.24) is 4.98 Å². The zero-order valence-electron chi connectivity index (χ0n) is 9.28. The van der Waals surface area contributed by atoms with Gasteiger partial charge in [0.25, 0.3) is 0 Å². The van der Waals surface area contributed by atoms with E-state index in [1.54, 1.807) is 0 Å². The molecule has 3 rings (SSSR count). The Bertz CT molecular complexity index is 498. The molecule has 0 atom stereocenters. The molecule has 0 radical (unpaired) electrons. The highest BCUT2D eigenvalue weighted by Crippen LogP contribution is 2.34. The fourth-order valence-corrected chi connectivity index (χ4v) is 2.51. The van der Waals surface area contributed by atoms with Crippen molar-refractivity contribution in [2.24, 2.45) is 0 Å². The van der Waals surface area contributed by atoms with Crippen LogP contribution >= 0.6 is 0 Å². The maximum absolute atomic E-state index is 5.87. The highest BCUT2D eigenvalue weighted by molar-refractivity contribution is 5.84. The van der Waals surface area contributed by atoms with Crippen molar-refractivity contribution in [3.63, 3.8) is 0 Å². The average molecular weight is 216 g/mol. The van der Waals surface area contributed by atoms with Crippen molar-refractivity contribution in [1.29, 1.82) is 0 Å². The monoisotopic (exact) mass is 216 g/mol. The summed E-state index contributed by atoms with van der Waals surface area (Å²) in [7, 11) is 0. The van der Waals surface area contributed by atoms with Crippen molar-refractivity contribution in [2.45, 2.75) is 38.0 Å². The number of nitrogens with zero attached hydrogens (tertiary/aromatic N) is 1. The number of nitrogens with two attached hydrogens (primary N) is 1. The first kappa shape index (κ1) is 9.70. The lowest BCUT2D eigenvalue weighted by Gasteiger charge is -2.17. The summed E-state index contributed by atoms with van der Waals surface area (Å²) in [4.78, 5) is 4.55. The van der Waals surface area contributed by atoms with Crippen LogP contribution in [0.4, 0.5) is 5.69 Å². The summed E-state index contributed by atoms with van der Waals surface area (Å²) in [6.07, 6.45) is 6.33. The van der Waals surface area contributed by atoms with Crippen molar-refractivity contribution in [3.05, 3.63) is 24.1 Å². The summed E-state index contributed by atoms with van der Waals surface area (Å²) >= 11 is 0. The second-order valence-electron chi connectivity index (χ2n) is 4.58. The van der Waals surface area contributed by atoms with Gasteiger partial charge in [-0.25, -0.2) is 4.98 Å². The maximum Gasteiger partial charge on any atom is 0.198 e. The van der Waals surface area contributed by atoms with E-state index in [4.69, 9.17) is 10.2 Å². The summed E-state index contributed by atoms with van der Waals surface area (Å²) in [5.74, 6) is 1.38. The molecule has 0 bridgehead atoms. The van der Waals surface area contributed by atoms with Crippen LogP contribution in [-0.2, 0) is 0 Å². The van der Waals surface area contributed by atoms with Crippen LogP contribution in [0.5, 0.6) is 0 Å². The molecule has 1 saturated carbocycles. The Kier molecular flexibility index (Phi) is 2.31. The van der Waals surface area contributed by atoms with Gasteiger partial charge in [0.1, 0.15) is 5.52 Å². The van der Waals surface area contributed by atoms with Gasteiger partial charge in [-0.15, -0.1) is 0 Å². The van der Waals surface area contributed by atoms with Crippen LogP contribution in [0.3, 0.4) is 0 Å². The summed E-state index contributed by atoms with van der Waals surface area (Å²) in [6, 6.07) is 5.74. The minimum absolute atomic E-state index is 0.501. The second kappa shape index (κ2) is 3.81. The highest BCUT2D eigenvalue weighted by Gasteiger charge is 2.21. The first-order valence-corrected chi connectivity index (χ1v) is 5.99. The predicted molar refractivity (Wildman–Crippen MR) is 64.2 cm³/mol. The smallest absolute Gasteiger partial charge is 0.198 e. The molecule has 1 aromatic carbocycles. The van der Waals surface area contributed by atoms with E-state index in [0.29, 0.717) is 11.6 Å². The molecule has 1 aliphatic carbocycles. The standard InChI is InChI=1S/C13H16N2O/c14-10-7-4-8-11-12(10)16-13(15-11)9-5-2-1-3-6-9/h4,7-9H,1-3,5-6,14H2. The number of oxazole rings is 1. The molecule has 2 aromatic rings. The lowest BCUT2D eigenvalue weighted by Crippen LogP contribution is -2.04. The van der Waals surface area contributed by atoms with E-state index < -0.39 is 0 Å². The molecule has 2 N–H and O–H groups in total. The Balaban J connectivity index is 2.01. The molecule has 1 aliphatic rings. The Hall–Kier alpha value is -1.51. The van der Waals surface area contributed by atoms with Gasteiger partial charge in [-0.1, -0.05) is 25.3 Å². The van der Waals surface area contributed by atoms with Crippen LogP contribution in [0.15, 0.2) is 22.6 Å². The van der Waals surface area contributed by atoms with Gasteiger partial charge in [0.15, 0.2) is 11.5 Å². The van der Waals surface area contributed by atoms with E-state index in [-0.39, 0.29) is 0 Å². The number of para-hydroxylation sites is 1. The Morgan fingerprint density at radius 2 is 2.00 bits per heavy atom. The van der Waals surface area contributed by atoms with Crippen LogP contribution in [0.2, 0.25) is 0 Å². The molecule has 1 heterocycles. The lowest BCUT2D eigenvalue weighted by atomic mass is 9.89. The normalized spacial score (nSPS) is 18.0. The zero-order valence-corrected chi connectivity index (χ0v) is 9.28. The van der Waals surface area contributed by atoms with Gasteiger partial charge in [0.05, 0.1) is 5.69 Å². The average Bonchev–Trinajstić information content (AvgIpc) is 2.76. The molecular weight excluding hydrogens is 200 g/mol. The van der Waals surface area contributed by atoms with Crippen LogP contribution < -0.4 is 5.73 Å². The SMILES string of the molecule is Nc1cccc2nc(C3CCCCC3)oc12. The summed E-state index contributed by atoms with van der Waals surface area (Å²) in [5.41, 5.74) is 8.19. The molecule has 0 amide bonds. The van der Waals surface area contributed by atoms with Gasteiger partial charge >= 0.3 is 0 Å². The fraction of sp³-hybridized carbons (Fsp3) is 0.462. The van der Waals surface area contributed by atoms with Crippen LogP contribution in [0.25, 0.3) is 11.1 Å². The Morgan fingerprint density at radius 1 is 1.19 bits per heavy atom. The first-order chi connectivity index (χ1) is 7.84. The van der Waals surface area contributed by atoms with Crippen LogP contribution in [0, 0.1) is 0 Å². The number of anilines is 1. The van der Waals surface area contributed by atoms with E-state index in [0.717, 1.165) is 17.0 Å². The quantitative estimate of drug-likeness (QED) is 0.743. The molecule has 84 valence electrons. The zero-order chi connectivity index (χ0) is 11.0. The van der Waals surface area contributed by atoms with E-state index in [2.05, 4.69) is 4.98 Å². The maximum atomic E-state index is 5.87. The first-order valence-electron chi connectivity index (χ1n) is 5.99. The molecule has 3 nitrogen and oxygen atoms in total. The van der Waals surface area contributed by atoms with Crippen LogP contribution in [0.1, 0.15) is 43.9 Å². The molecule has 1 fully saturated rings. The van der Waals surface area contributed by atoms with E-state index in [9.17, 15) is 0 Å². The number of aromatic nitrogens is 1. The largest absolute Gasteiger partial charge is 0.438 e. The Labute approximate surface area is 94.7 Å². The number of rotatable bonds is 1. The van der Waals surface area contributed by atoms with Crippen molar-refractivity contribution >= 4 is 16.8 Å². The molecule has 16 heavy (non-hydrogen) atoms. The van der Waals surface area contributed by atoms with Gasteiger partial charge in [-0.3, -0.25) is 0 Å². The van der Waals surface area contributed by atoms with Gasteiger partial charge in [-0.05, 0) is 25.0 Å². The lowest BCUT2D eigenvalue weighted by molar-refractivity contribution is 0.373. The van der Waals surface area contributed by atoms with E-state index in [1.165, 1.54) is 32.1 Å². The minimum Gasteiger partial charge on any atom is -0.438 e. The fourth-order valence-electron chi connectivity index (χ4n) is 2.51. The van der Waals surface area contributed by atoms with E-state index >= 15 is 0 Å². The third kappa shape index (κ3) is 1.56. The molecular formula is C13H16N2O. The third-order valence-electron chi connectivity index (χ3n) is 3.42. The topological polar surface area (TPSA) is 52.0 Å². The molecule has 1 aromatic heterocycles. The summed E-state index contributed by atoms with van der Waals surface area (Å²) in [5, 5.41) is 0. The van der Waals surface area contributed by atoms with Crippen molar-refractivity contribution < 1.29 is 4.42 Å². The number of hydrogen-bond acceptors (Lipinski definition) is 3. The molecule has 3 heteroatoms. The predicted octanol–water partition coefficient (Wildman–Crippen LogP) is 3.46. The minimum atomic E-state index is 0.501. The number of benzene rings is 1. The number of nitrogen functional groups attached to an aromatic ring is 1. The number of fused-ring (bicyclic) bond motifs is 1. The van der Waals surface area contributed by atoms with Gasteiger partial charge in [0, 0.05) is 5.92 Å². The highest BCUT2D eigenvalue weighted by atomic mass is 16.3. The summed E-state index contributed by atoms with van der Waals surface area (Å²) in [6.45, 7) is 0. The van der Waals surface area contributed by atoms with Crippen LogP contribution in [-0.4, -0.2) is 4.98 Å².